The van der Waals surface area contributed by atoms with Gasteiger partial charge in [0, 0.05) is 16.8 Å². The SMILES string of the molecule is NC(=O)c1ccc(-n2nc(C(F)(F)F)cc2-c2ccc(N)cc2)cc1. The summed E-state index contributed by atoms with van der Waals surface area (Å²) in [7, 11) is 0. The van der Waals surface area contributed by atoms with Crippen LogP contribution in [0.3, 0.4) is 0 Å². The monoisotopic (exact) mass is 346 g/mol. The number of benzene rings is 2. The van der Waals surface area contributed by atoms with Gasteiger partial charge in [0.15, 0.2) is 5.69 Å². The van der Waals surface area contributed by atoms with Gasteiger partial charge in [-0.3, -0.25) is 4.79 Å². The van der Waals surface area contributed by atoms with Gasteiger partial charge in [0.25, 0.3) is 0 Å². The van der Waals surface area contributed by atoms with Crippen molar-refractivity contribution >= 4 is 11.6 Å². The van der Waals surface area contributed by atoms with Crippen molar-refractivity contribution in [3.05, 3.63) is 65.9 Å². The average molecular weight is 346 g/mol. The first-order valence-electron chi connectivity index (χ1n) is 7.19. The lowest BCUT2D eigenvalue weighted by Gasteiger charge is -2.08. The standard InChI is InChI=1S/C17H13F3N4O/c18-17(19,20)15-9-14(10-1-5-12(21)6-2-10)24(23-15)13-7-3-11(4-8-13)16(22)25/h1-9H,21H2,(H2,22,25). The van der Waals surface area contributed by atoms with E-state index in [0.717, 1.165) is 6.07 Å². The second-order valence-electron chi connectivity index (χ2n) is 5.36. The van der Waals surface area contributed by atoms with Gasteiger partial charge in [-0.1, -0.05) is 12.1 Å². The first-order valence-corrected chi connectivity index (χ1v) is 7.19. The molecule has 8 heteroatoms. The minimum Gasteiger partial charge on any atom is -0.399 e. The average Bonchev–Trinajstić information content (AvgIpc) is 3.01. The Hall–Kier alpha value is -3.29. The van der Waals surface area contributed by atoms with Crippen molar-refractivity contribution in [1.82, 2.24) is 9.78 Å². The highest BCUT2D eigenvalue weighted by Gasteiger charge is 2.35. The Morgan fingerprint density at radius 1 is 1.00 bits per heavy atom. The number of anilines is 1. The molecule has 5 nitrogen and oxygen atoms in total. The van der Waals surface area contributed by atoms with E-state index < -0.39 is 17.8 Å². The number of primary amides is 1. The lowest BCUT2D eigenvalue weighted by Crippen LogP contribution is -2.11. The van der Waals surface area contributed by atoms with Gasteiger partial charge in [0.2, 0.25) is 5.91 Å². The second kappa shape index (κ2) is 5.97. The van der Waals surface area contributed by atoms with E-state index in [1.54, 1.807) is 24.3 Å². The number of carbonyl (C=O) groups is 1. The van der Waals surface area contributed by atoms with Crippen molar-refractivity contribution in [3.63, 3.8) is 0 Å². The molecule has 1 amide bonds. The molecule has 0 aliphatic rings. The van der Waals surface area contributed by atoms with E-state index in [9.17, 15) is 18.0 Å². The van der Waals surface area contributed by atoms with Gasteiger partial charge in [-0.25, -0.2) is 4.68 Å². The number of alkyl halides is 3. The van der Waals surface area contributed by atoms with E-state index in [1.807, 2.05) is 0 Å². The Morgan fingerprint density at radius 3 is 2.12 bits per heavy atom. The first kappa shape index (κ1) is 16.6. The summed E-state index contributed by atoms with van der Waals surface area (Å²) in [6, 6.07) is 13.2. The van der Waals surface area contributed by atoms with E-state index in [-0.39, 0.29) is 11.3 Å². The predicted molar refractivity (Wildman–Crippen MR) is 86.9 cm³/mol. The molecule has 0 saturated heterocycles. The highest BCUT2D eigenvalue weighted by Crippen LogP contribution is 2.33. The van der Waals surface area contributed by atoms with Gasteiger partial charge in [-0.2, -0.15) is 18.3 Å². The molecule has 0 saturated carbocycles. The molecule has 25 heavy (non-hydrogen) atoms. The van der Waals surface area contributed by atoms with E-state index >= 15 is 0 Å². The zero-order valence-corrected chi connectivity index (χ0v) is 12.8. The largest absolute Gasteiger partial charge is 0.435 e. The molecular formula is C17H13F3N4O. The molecule has 0 unspecified atom stereocenters. The van der Waals surface area contributed by atoms with Gasteiger partial charge >= 0.3 is 6.18 Å². The molecule has 0 aliphatic heterocycles. The fraction of sp³-hybridized carbons (Fsp3) is 0.0588. The van der Waals surface area contributed by atoms with Crippen LogP contribution in [0.1, 0.15) is 16.1 Å². The van der Waals surface area contributed by atoms with Gasteiger partial charge in [0.1, 0.15) is 0 Å². The summed E-state index contributed by atoms with van der Waals surface area (Å²) in [5, 5.41) is 3.67. The topological polar surface area (TPSA) is 86.9 Å². The number of nitrogens with two attached hydrogens (primary N) is 2. The summed E-state index contributed by atoms with van der Waals surface area (Å²) in [4.78, 5) is 11.1. The molecule has 1 aromatic heterocycles. The van der Waals surface area contributed by atoms with E-state index in [0.29, 0.717) is 16.9 Å². The molecule has 0 fully saturated rings. The van der Waals surface area contributed by atoms with Gasteiger partial charge in [-0.15, -0.1) is 0 Å². The Labute approximate surface area is 140 Å². The van der Waals surface area contributed by atoms with Crippen LogP contribution in [0.15, 0.2) is 54.6 Å². The molecular weight excluding hydrogens is 333 g/mol. The third kappa shape index (κ3) is 3.32. The fourth-order valence-electron chi connectivity index (χ4n) is 2.34. The molecule has 3 rings (SSSR count). The highest BCUT2D eigenvalue weighted by atomic mass is 19.4. The zero-order valence-electron chi connectivity index (χ0n) is 12.8. The van der Waals surface area contributed by atoms with Crippen LogP contribution < -0.4 is 11.5 Å². The number of nitrogen functional groups attached to an aromatic ring is 1. The van der Waals surface area contributed by atoms with Crippen LogP contribution >= 0.6 is 0 Å². The number of halogens is 3. The molecule has 1 heterocycles. The van der Waals surface area contributed by atoms with Crippen molar-refractivity contribution in [2.75, 3.05) is 5.73 Å². The maximum atomic E-state index is 13.1. The van der Waals surface area contributed by atoms with Crippen molar-refractivity contribution in [1.29, 1.82) is 0 Å². The lowest BCUT2D eigenvalue weighted by atomic mass is 10.1. The smallest absolute Gasteiger partial charge is 0.399 e. The molecule has 4 N–H and O–H groups in total. The number of hydrogen-bond acceptors (Lipinski definition) is 3. The van der Waals surface area contributed by atoms with Crippen molar-refractivity contribution in [2.24, 2.45) is 5.73 Å². The predicted octanol–water partition coefficient (Wildman–Crippen LogP) is 3.24. The number of aromatic nitrogens is 2. The van der Waals surface area contributed by atoms with Gasteiger partial charge < -0.3 is 11.5 Å². The van der Waals surface area contributed by atoms with Crippen molar-refractivity contribution in [3.8, 4) is 16.9 Å². The van der Waals surface area contributed by atoms with Crippen LogP contribution in [0.5, 0.6) is 0 Å². The van der Waals surface area contributed by atoms with Crippen LogP contribution in [-0.4, -0.2) is 15.7 Å². The van der Waals surface area contributed by atoms with Gasteiger partial charge in [0.05, 0.1) is 11.4 Å². The lowest BCUT2D eigenvalue weighted by molar-refractivity contribution is -0.141. The van der Waals surface area contributed by atoms with E-state index in [2.05, 4.69) is 5.10 Å². The van der Waals surface area contributed by atoms with Gasteiger partial charge in [-0.05, 0) is 42.5 Å². The van der Waals surface area contributed by atoms with Crippen LogP contribution in [-0.2, 0) is 6.18 Å². The fourth-order valence-corrected chi connectivity index (χ4v) is 2.34. The Bertz CT molecular complexity index is 913. The minimum atomic E-state index is -4.58. The molecule has 0 atom stereocenters. The normalized spacial score (nSPS) is 11.5. The number of carbonyl (C=O) groups excluding carboxylic acids is 1. The summed E-state index contributed by atoms with van der Waals surface area (Å²) >= 11 is 0. The quantitative estimate of drug-likeness (QED) is 0.714. The molecule has 2 aromatic carbocycles. The van der Waals surface area contributed by atoms with Crippen LogP contribution in [0, 0.1) is 0 Å². The first-order chi connectivity index (χ1) is 11.8. The third-order valence-corrected chi connectivity index (χ3v) is 3.60. The summed E-state index contributed by atoms with van der Waals surface area (Å²) in [6.07, 6.45) is -4.58. The van der Waals surface area contributed by atoms with E-state index in [4.69, 9.17) is 11.5 Å². The summed E-state index contributed by atoms with van der Waals surface area (Å²) in [6.45, 7) is 0. The molecule has 0 bridgehead atoms. The number of hydrogen-bond donors (Lipinski definition) is 2. The van der Waals surface area contributed by atoms with Crippen molar-refractivity contribution < 1.29 is 18.0 Å². The highest BCUT2D eigenvalue weighted by molar-refractivity contribution is 5.92. The summed E-state index contributed by atoms with van der Waals surface area (Å²) in [5.41, 5.74) is 11.7. The van der Waals surface area contributed by atoms with Crippen LogP contribution in [0.2, 0.25) is 0 Å². The summed E-state index contributed by atoms with van der Waals surface area (Å²) in [5.74, 6) is -0.623. The minimum absolute atomic E-state index is 0.249. The molecule has 128 valence electrons. The molecule has 3 aromatic rings. The molecule has 0 radical (unpaired) electrons. The maximum absolute atomic E-state index is 13.1. The van der Waals surface area contributed by atoms with Crippen LogP contribution in [0.25, 0.3) is 16.9 Å². The Balaban J connectivity index is 2.15. The number of nitrogens with zero attached hydrogens (tertiary/aromatic N) is 2. The third-order valence-electron chi connectivity index (χ3n) is 3.60. The Morgan fingerprint density at radius 2 is 1.60 bits per heavy atom. The van der Waals surface area contributed by atoms with E-state index in [1.165, 1.54) is 28.9 Å². The molecule has 0 aliphatic carbocycles. The van der Waals surface area contributed by atoms with Crippen LogP contribution in [0.4, 0.5) is 18.9 Å². The molecule has 0 spiro atoms. The summed E-state index contributed by atoms with van der Waals surface area (Å²) < 4.78 is 40.4. The Kier molecular flexibility index (Phi) is 3.96. The zero-order chi connectivity index (χ0) is 18.2. The second-order valence-corrected chi connectivity index (χ2v) is 5.36. The van der Waals surface area contributed by atoms with Crippen molar-refractivity contribution in [2.45, 2.75) is 6.18 Å². The maximum Gasteiger partial charge on any atom is 0.435 e. The number of amides is 1. The number of rotatable bonds is 3.